The van der Waals surface area contributed by atoms with Gasteiger partial charge in [0.15, 0.2) is 0 Å². The van der Waals surface area contributed by atoms with Gasteiger partial charge in [-0.1, -0.05) is 0 Å². The van der Waals surface area contributed by atoms with Crippen LogP contribution in [0.1, 0.15) is 33.4 Å². The van der Waals surface area contributed by atoms with Crippen molar-refractivity contribution in [3.8, 4) is 28.3 Å². The van der Waals surface area contributed by atoms with Crippen molar-refractivity contribution in [2.75, 3.05) is 20.3 Å². The van der Waals surface area contributed by atoms with Crippen LogP contribution >= 0.6 is 11.3 Å². The van der Waals surface area contributed by atoms with Gasteiger partial charge in [-0.15, -0.1) is 11.3 Å². The minimum atomic E-state index is -0.843. The predicted octanol–water partition coefficient (Wildman–Crippen LogP) is 5.56. The molecule has 1 N–H and O–H groups in total. The maximum atomic E-state index is 15.6. The fourth-order valence-electron chi connectivity index (χ4n) is 4.72. The number of aromatic nitrogens is 3. The van der Waals surface area contributed by atoms with Gasteiger partial charge in [0.05, 0.1) is 52.8 Å². The van der Waals surface area contributed by atoms with Crippen molar-refractivity contribution in [3.63, 3.8) is 0 Å². The van der Waals surface area contributed by atoms with Crippen LogP contribution in [0.2, 0.25) is 0 Å². The Morgan fingerprint density at radius 1 is 1.20 bits per heavy atom. The molecule has 40 heavy (non-hydrogen) atoms. The van der Waals surface area contributed by atoms with Crippen molar-refractivity contribution >= 4 is 27.5 Å². The number of hydrogen-bond acceptors (Lipinski definition) is 7. The number of fused-ring (bicyclic) bond motifs is 2. The Labute approximate surface area is 233 Å². The number of carbonyl (C=O) groups excluding carboxylic acids is 1. The van der Waals surface area contributed by atoms with E-state index in [1.807, 2.05) is 27.7 Å². The van der Waals surface area contributed by atoms with Gasteiger partial charge in [0.1, 0.15) is 35.3 Å². The maximum absolute atomic E-state index is 15.6. The van der Waals surface area contributed by atoms with Crippen LogP contribution in [0.4, 0.5) is 13.6 Å². The fraction of sp³-hybridized carbons (Fsp3) is 0.393. The van der Waals surface area contributed by atoms with E-state index in [-0.39, 0.29) is 48.4 Å². The van der Waals surface area contributed by atoms with E-state index < -0.39 is 23.3 Å². The first-order chi connectivity index (χ1) is 19.0. The highest BCUT2D eigenvalue weighted by Crippen LogP contribution is 2.43. The van der Waals surface area contributed by atoms with E-state index in [9.17, 15) is 14.0 Å². The van der Waals surface area contributed by atoms with E-state index >= 15 is 4.39 Å². The minimum absolute atomic E-state index is 0.00549. The average molecular weight is 573 g/mol. The molecule has 1 aromatic carbocycles. The number of rotatable bonds is 6. The van der Waals surface area contributed by atoms with Gasteiger partial charge < -0.3 is 19.2 Å². The van der Waals surface area contributed by atoms with Crippen LogP contribution in [0, 0.1) is 11.6 Å². The van der Waals surface area contributed by atoms with Crippen LogP contribution in [0.15, 0.2) is 34.4 Å². The van der Waals surface area contributed by atoms with Crippen molar-refractivity contribution < 1.29 is 27.8 Å². The highest BCUT2D eigenvalue weighted by atomic mass is 32.1. The lowest BCUT2D eigenvalue weighted by atomic mass is 9.99. The lowest BCUT2D eigenvalue weighted by Crippen LogP contribution is -2.46. The fourth-order valence-corrected chi connectivity index (χ4v) is 5.67. The second kappa shape index (κ2) is 10.7. The highest BCUT2D eigenvalue weighted by molar-refractivity contribution is 7.17. The van der Waals surface area contributed by atoms with Gasteiger partial charge in [-0.3, -0.25) is 14.4 Å². The monoisotopic (exact) mass is 572 g/mol. The van der Waals surface area contributed by atoms with E-state index in [0.717, 1.165) is 12.1 Å². The molecule has 0 radical (unpaired) electrons. The molecular formula is C28H30F2N4O5S. The zero-order chi connectivity index (χ0) is 28.8. The number of carbonyl (C=O) groups is 1. The van der Waals surface area contributed by atoms with Gasteiger partial charge in [0.2, 0.25) is 0 Å². The lowest BCUT2D eigenvalue weighted by molar-refractivity contribution is 0.00907. The van der Waals surface area contributed by atoms with Gasteiger partial charge in [0.25, 0.3) is 5.56 Å². The second-order valence-corrected chi connectivity index (χ2v) is 11.5. The van der Waals surface area contributed by atoms with Crippen molar-refractivity contribution in [2.24, 2.45) is 0 Å². The van der Waals surface area contributed by atoms with Gasteiger partial charge in [-0.2, -0.15) is 5.10 Å². The third kappa shape index (κ3) is 5.33. The van der Waals surface area contributed by atoms with Crippen molar-refractivity contribution in [1.82, 2.24) is 19.7 Å². The third-order valence-corrected chi connectivity index (χ3v) is 7.42. The summed E-state index contributed by atoms with van der Waals surface area (Å²) in [5, 5.41) is 6.83. The summed E-state index contributed by atoms with van der Waals surface area (Å²) < 4.78 is 48.5. The van der Waals surface area contributed by atoms with Gasteiger partial charge in [-0.25, -0.2) is 13.6 Å². The number of benzene rings is 1. The molecule has 212 valence electrons. The number of nitrogens with one attached hydrogen (secondary N) is 1. The topological polar surface area (TPSA) is 98.7 Å². The predicted molar refractivity (Wildman–Crippen MR) is 148 cm³/mol. The molecule has 4 heterocycles. The molecule has 0 aliphatic carbocycles. The van der Waals surface area contributed by atoms with Crippen LogP contribution in [0.5, 0.6) is 5.75 Å². The Bertz CT molecular complexity index is 1640. The number of H-pyrrole nitrogens is 1. The zero-order valence-electron chi connectivity index (χ0n) is 22.8. The molecule has 0 fully saturated rings. The summed E-state index contributed by atoms with van der Waals surface area (Å²) in [7, 11) is 1.50. The SMILES string of the molecule is COCCOc1cc(F)cc(F)c1-c1c(-c2cc3n(n2)C[C@@H](C)N(C(=O)OC(C)(C)C)C3)[nH]c(=O)c2ccsc12. The van der Waals surface area contributed by atoms with Gasteiger partial charge >= 0.3 is 6.09 Å². The smallest absolute Gasteiger partial charge is 0.410 e. The normalized spacial score (nSPS) is 15.4. The molecule has 0 saturated carbocycles. The number of methoxy groups -OCH3 is 1. The average Bonchev–Trinajstić information content (AvgIpc) is 3.50. The quantitative estimate of drug-likeness (QED) is 0.304. The maximum Gasteiger partial charge on any atom is 0.410 e. The summed E-state index contributed by atoms with van der Waals surface area (Å²) >= 11 is 1.26. The molecule has 1 aliphatic rings. The molecule has 1 aliphatic heterocycles. The molecule has 1 atom stereocenters. The molecular weight excluding hydrogens is 542 g/mol. The Balaban J connectivity index is 1.65. The number of aromatic amines is 1. The van der Waals surface area contributed by atoms with Crippen LogP contribution in [-0.4, -0.2) is 57.7 Å². The van der Waals surface area contributed by atoms with E-state index in [1.165, 1.54) is 18.4 Å². The summed E-state index contributed by atoms with van der Waals surface area (Å²) in [6.45, 7) is 8.23. The summed E-state index contributed by atoms with van der Waals surface area (Å²) in [6, 6.07) is 5.10. The molecule has 0 saturated heterocycles. The van der Waals surface area contributed by atoms with E-state index in [1.54, 1.807) is 27.1 Å². The number of hydrogen-bond donors (Lipinski definition) is 1. The molecule has 0 spiro atoms. The Kier molecular flexibility index (Phi) is 7.40. The van der Waals surface area contributed by atoms with Gasteiger partial charge in [0, 0.05) is 24.8 Å². The number of amides is 1. The van der Waals surface area contributed by atoms with Gasteiger partial charge in [-0.05, 0) is 45.2 Å². The number of halogens is 2. The number of nitrogens with zero attached hydrogens (tertiary/aromatic N) is 3. The zero-order valence-corrected chi connectivity index (χ0v) is 23.7. The number of thiophene rings is 1. The first-order valence-corrected chi connectivity index (χ1v) is 13.7. The standard InChI is InChI=1S/C28H30F2N4O5S/c1-15-13-34-17(14-33(15)27(36)39-28(2,3)4)12-20(32-34)24-23(25-18(6-9-40-25)26(35)31-24)22-19(30)10-16(29)11-21(22)38-8-7-37-5/h6,9-12,15H,7-8,13-14H2,1-5H3,(H,31,35)/t15-/m1/s1. The highest BCUT2D eigenvalue weighted by Gasteiger charge is 2.32. The largest absolute Gasteiger partial charge is 0.490 e. The van der Waals surface area contributed by atoms with Crippen molar-refractivity contribution in [2.45, 2.75) is 52.4 Å². The van der Waals surface area contributed by atoms with Crippen molar-refractivity contribution in [1.29, 1.82) is 0 Å². The molecule has 0 bridgehead atoms. The summed E-state index contributed by atoms with van der Waals surface area (Å²) in [5.41, 5.74) is 0.685. The van der Waals surface area contributed by atoms with Crippen molar-refractivity contribution in [3.05, 3.63) is 57.3 Å². The molecule has 12 heteroatoms. The first-order valence-electron chi connectivity index (χ1n) is 12.8. The third-order valence-electron chi connectivity index (χ3n) is 6.49. The van der Waals surface area contributed by atoms with Crippen LogP contribution in [0.3, 0.4) is 0 Å². The Morgan fingerprint density at radius 2 is 1.98 bits per heavy atom. The molecule has 4 aromatic rings. The van der Waals surface area contributed by atoms with E-state index in [2.05, 4.69) is 4.98 Å². The number of ether oxygens (including phenoxy) is 3. The Hall–Kier alpha value is -3.77. The summed E-state index contributed by atoms with van der Waals surface area (Å²) in [5.74, 6) is -1.66. The molecule has 9 nitrogen and oxygen atoms in total. The summed E-state index contributed by atoms with van der Waals surface area (Å²) in [4.78, 5) is 30.4. The first kappa shape index (κ1) is 27.8. The van der Waals surface area contributed by atoms with Crippen LogP contribution in [0.25, 0.3) is 32.6 Å². The Morgan fingerprint density at radius 3 is 2.70 bits per heavy atom. The molecule has 5 rings (SSSR count). The summed E-state index contributed by atoms with van der Waals surface area (Å²) in [6.07, 6.45) is -0.436. The van der Waals surface area contributed by atoms with Crippen LogP contribution in [-0.2, 0) is 22.6 Å². The molecule has 1 amide bonds. The molecule has 0 unspecified atom stereocenters. The lowest BCUT2D eigenvalue weighted by Gasteiger charge is -2.35. The van der Waals surface area contributed by atoms with E-state index in [4.69, 9.17) is 19.3 Å². The minimum Gasteiger partial charge on any atom is -0.490 e. The van der Waals surface area contributed by atoms with E-state index in [0.29, 0.717) is 33.6 Å². The number of pyridine rings is 1. The second-order valence-electron chi connectivity index (χ2n) is 10.6. The molecule has 3 aromatic heterocycles. The van der Waals surface area contributed by atoms with Crippen LogP contribution < -0.4 is 10.3 Å².